The molecule has 0 amide bonds. The van der Waals surface area contributed by atoms with Crippen LogP contribution in [0.5, 0.6) is 0 Å². The molecule has 0 unspecified atom stereocenters. The summed E-state index contributed by atoms with van der Waals surface area (Å²) in [6.07, 6.45) is 9.95. The Balaban J connectivity index is 1.22. The average molecular weight is 508 g/mol. The van der Waals surface area contributed by atoms with E-state index in [0.29, 0.717) is 36.2 Å². The zero-order valence-electron chi connectivity index (χ0n) is 21.3. The first-order valence-corrected chi connectivity index (χ1v) is 12.7. The maximum Gasteiger partial charge on any atom is 0.356 e. The lowest BCUT2D eigenvalue weighted by molar-refractivity contribution is 0.0691. The van der Waals surface area contributed by atoms with Crippen molar-refractivity contribution >= 4 is 39.6 Å². The van der Waals surface area contributed by atoms with Gasteiger partial charge in [-0.15, -0.1) is 0 Å². The Kier molecular flexibility index (Phi) is 5.83. The molecule has 0 aliphatic heterocycles. The van der Waals surface area contributed by atoms with Crippen molar-refractivity contribution < 1.29 is 9.90 Å². The number of carbonyl (C=O) groups is 1. The van der Waals surface area contributed by atoms with Gasteiger partial charge in [0.1, 0.15) is 11.5 Å². The van der Waals surface area contributed by atoms with Crippen molar-refractivity contribution in [3.63, 3.8) is 0 Å². The number of rotatable bonds is 8. The van der Waals surface area contributed by atoms with E-state index in [1.807, 2.05) is 32.2 Å². The van der Waals surface area contributed by atoms with E-state index in [0.717, 1.165) is 38.8 Å². The fourth-order valence-corrected chi connectivity index (χ4v) is 5.05. The number of pyridine rings is 3. The third-order valence-electron chi connectivity index (χ3n) is 7.31. The van der Waals surface area contributed by atoms with Crippen LogP contribution in [0.2, 0.25) is 0 Å². The van der Waals surface area contributed by atoms with Crippen molar-refractivity contribution in [2.45, 2.75) is 45.7 Å². The fourth-order valence-electron chi connectivity index (χ4n) is 5.05. The molecule has 4 aromatic heterocycles. The van der Waals surface area contributed by atoms with Crippen LogP contribution in [0.4, 0.5) is 17.2 Å². The summed E-state index contributed by atoms with van der Waals surface area (Å²) in [6.45, 7) is 5.00. The number of benzene rings is 1. The number of hydrogen-bond donors (Lipinski definition) is 4. The van der Waals surface area contributed by atoms with Crippen LogP contribution in [0.1, 0.15) is 57.2 Å². The number of aromatic carboxylic acids is 1. The van der Waals surface area contributed by atoms with E-state index in [1.54, 1.807) is 12.3 Å². The Bertz CT molecular complexity index is 1710. The van der Waals surface area contributed by atoms with Crippen LogP contribution in [0, 0.1) is 13.8 Å². The number of imidazole rings is 1. The molecule has 5 N–H and O–H groups in total. The number of carboxylic acids is 1. The standard InChI is InChI=1S/C29H29N7O2/c1-16-9-23-22(7-8-31-28(23)30)17(2)24(16)13-33-25-10-20(11-34-27(25)29(37)38)32-12-21-15-36-14-19(18-3-4-18)5-6-26(36)35-21/h5-11,14-15,18,32-33H,3-4,12-13H2,1-2H3,(H2,30,31)(H,37,38). The number of hydrogen-bond acceptors (Lipinski definition) is 7. The SMILES string of the molecule is Cc1cc2c(N)nccc2c(C)c1CNc1cc(NCc2cn3cc(C4CC4)ccc3n2)cnc1C(=O)O. The van der Waals surface area contributed by atoms with E-state index in [1.165, 1.54) is 24.6 Å². The maximum absolute atomic E-state index is 11.9. The molecular weight excluding hydrogens is 478 g/mol. The van der Waals surface area contributed by atoms with E-state index >= 15 is 0 Å². The molecule has 1 aliphatic rings. The third-order valence-corrected chi connectivity index (χ3v) is 7.31. The van der Waals surface area contributed by atoms with Gasteiger partial charge in [0.05, 0.1) is 29.8 Å². The van der Waals surface area contributed by atoms with Crippen LogP contribution in [-0.4, -0.2) is 30.4 Å². The molecule has 5 aromatic rings. The summed E-state index contributed by atoms with van der Waals surface area (Å²) < 4.78 is 2.07. The Morgan fingerprint density at radius 2 is 1.92 bits per heavy atom. The third kappa shape index (κ3) is 4.47. The number of fused-ring (bicyclic) bond motifs is 2. The zero-order valence-corrected chi connectivity index (χ0v) is 21.3. The van der Waals surface area contributed by atoms with Gasteiger partial charge in [-0.25, -0.2) is 19.7 Å². The van der Waals surface area contributed by atoms with Gasteiger partial charge in [-0.3, -0.25) is 0 Å². The van der Waals surface area contributed by atoms with Crippen molar-refractivity contribution in [1.29, 1.82) is 0 Å². The highest BCUT2D eigenvalue weighted by molar-refractivity contribution is 5.95. The molecule has 0 atom stereocenters. The summed E-state index contributed by atoms with van der Waals surface area (Å²) in [4.78, 5) is 25.0. The van der Waals surface area contributed by atoms with Gasteiger partial charge in [0, 0.05) is 30.5 Å². The van der Waals surface area contributed by atoms with E-state index in [9.17, 15) is 9.90 Å². The minimum absolute atomic E-state index is 0.0274. The topological polar surface area (TPSA) is 130 Å². The minimum Gasteiger partial charge on any atom is -0.476 e. The number of nitrogens with two attached hydrogens (primary N) is 1. The molecule has 192 valence electrons. The lowest BCUT2D eigenvalue weighted by Gasteiger charge is -2.17. The number of aromatic nitrogens is 4. The molecule has 1 aromatic carbocycles. The number of carboxylic acid groups (broad SMARTS) is 1. The second-order valence-electron chi connectivity index (χ2n) is 9.96. The molecule has 0 radical (unpaired) electrons. The van der Waals surface area contributed by atoms with Gasteiger partial charge in [0.2, 0.25) is 0 Å². The van der Waals surface area contributed by atoms with E-state index in [-0.39, 0.29) is 5.69 Å². The minimum atomic E-state index is -1.09. The van der Waals surface area contributed by atoms with Gasteiger partial charge in [-0.1, -0.05) is 6.07 Å². The molecule has 1 saturated carbocycles. The molecular formula is C29H29N7O2. The van der Waals surface area contributed by atoms with Crippen molar-refractivity contribution in [2.75, 3.05) is 16.4 Å². The predicted molar refractivity (Wildman–Crippen MR) is 149 cm³/mol. The van der Waals surface area contributed by atoms with Gasteiger partial charge < -0.3 is 25.9 Å². The summed E-state index contributed by atoms with van der Waals surface area (Å²) >= 11 is 0. The molecule has 38 heavy (non-hydrogen) atoms. The Hall–Kier alpha value is -4.66. The molecule has 9 heteroatoms. The Morgan fingerprint density at radius 3 is 2.71 bits per heavy atom. The van der Waals surface area contributed by atoms with Crippen molar-refractivity contribution in [3.05, 3.63) is 88.8 Å². The highest BCUT2D eigenvalue weighted by Gasteiger charge is 2.23. The normalized spacial score (nSPS) is 13.2. The fraction of sp³-hybridized carbons (Fsp3) is 0.241. The predicted octanol–water partition coefficient (Wildman–Crippen LogP) is 5.28. The van der Waals surface area contributed by atoms with Gasteiger partial charge in [0.15, 0.2) is 5.69 Å². The van der Waals surface area contributed by atoms with Gasteiger partial charge in [0.25, 0.3) is 0 Å². The average Bonchev–Trinajstić information content (AvgIpc) is 3.67. The van der Waals surface area contributed by atoms with Crippen LogP contribution in [0.25, 0.3) is 16.4 Å². The van der Waals surface area contributed by atoms with Crippen molar-refractivity contribution in [3.8, 4) is 0 Å². The van der Waals surface area contributed by atoms with Crippen LogP contribution in [0.3, 0.4) is 0 Å². The zero-order chi connectivity index (χ0) is 26.4. The Morgan fingerprint density at radius 1 is 1.08 bits per heavy atom. The molecule has 6 rings (SSSR count). The number of nitrogens with one attached hydrogen (secondary N) is 2. The van der Waals surface area contributed by atoms with Crippen molar-refractivity contribution in [2.24, 2.45) is 0 Å². The first-order chi connectivity index (χ1) is 18.4. The van der Waals surface area contributed by atoms with Crippen LogP contribution in [0.15, 0.2) is 55.1 Å². The van der Waals surface area contributed by atoms with Crippen LogP contribution < -0.4 is 16.4 Å². The monoisotopic (exact) mass is 507 g/mol. The first-order valence-electron chi connectivity index (χ1n) is 12.7. The molecule has 9 nitrogen and oxygen atoms in total. The number of anilines is 3. The second kappa shape index (κ2) is 9.33. The summed E-state index contributed by atoms with van der Waals surface area (Å²) in [5.41, 5.74) is 13.6. The number of nitrogens with zero attached hydrogens (tertiary/aromatic N) is 4. The number of aryl methyl sites for hydroxylation is 2. The van der Waals surface area contributed by atoms with Crippen LogP contribution in [-0.2, 0) is 13.1 Å². The molecule has 1 fully saturated rings. The lowest BCUT2D eigenvalue weighted by Crippen LogP contribution is -2.11. The highest BCUT2D eigenvalue weighted by Crippen LogP contribution is 2.40. The summed E-state index contributed by atoms with van der Waals surface area (Å²) in [7, 11) is 0. The largest absolute Gasteiger partial charge is 0.476 e. The smallest absolute Gasteiger partial charge is 0.356 e. The molecule has 4 heterocycles. The molecule has 0 saturated heterocycles. The van der Waals surface area contributed by atoms with Gasteiger partial charge >= 0.3 is 5.97 Å². The van der Waals surface area contributed by atoms with E-state index in [2.05, 4.69) is 43.3 Å². The second-order valence-corrected chi connectivity index (χ2v) is 9.96. The number of nitrogen functional groups attached to an aromatic ring is 1. The summed E-state index contributed by atoms with van der Waals surface area (Å²) in [5.74, 6) is 0.0976. The summed E-state index contributed by atoms with van der Waals surface area (Å²) in [6, 6.07) is 9.98. The maximum atomic E-state index is 11.9. The lowest BCUT2D eigenvalue weighted by atomic mass is 9.96. The highest BCUT2D eigenvalue weighted by atomic mass is 16.4. The quantitative estimate of drug-likeness (QED) is 0.223. The first kappa shape index (κ1) is 23.7. The van der Waals surface area contributed by atoms with Crippen LogP contribution >= 0.6 is 0 Å². The van der Waals surface area contributed by atoms with Gasteiger partial charge in [-0.05, 0) is 84.5 Å². The molecule has 1 aliphatic carbocycles. The van der Waals surface area contributed by atoms with E-state index < -0.39 is 5.97 Å². The van der Waals surface area contributed by atoms with Crippen molar-refractivity contribution in [1.82, 2.24) is 19.4 Å². The summed E-state index contributed by atoms with van der Waals surface area (Å²) in [5, 5.41) is 18.3. The Labute approximate surface area is 219 Å². The van der Waals surface area contributed by atoms with E-state index in [4.69, 9.17) is 10.7 Å². The molecule has 0 spiro atoms. The molecule has 0 bridgehead atoms. The van der Waals surface area contributed by atoms with Gasteiger partial charge in [-0.2, -0.15) is 0 Å².